The molecular weight excluding hydrogens is 234 g/mol. The molecule has 1 aromatic heterocycles. The molecule has 1 saturated heterocycles. The molecule has 0 amide bonds. The molecule has 4 heteroatoms. The van der Waals surface area contributed by atoms with E-state index in [4.69, 9.17) is 17.3 Å². The SMILES string of the molecule is CC1CCN(Cc2ccncc2Cl)CC1CN. The Labute approximate surface area is 108 Å². The molecule has 3 nitrogen and oxygen atoms in total. The Hall–Kier alpha value is -0.640. The summed E-state index contributed by atoms with van der Waals surface area (Å²) in [6, 6.07) is 2.00. The van der Waals surface area contributed by atoms with Crippen molar-refractivity contribution in [3.05, 3.63) is 29.0 Å². The van der Waals surface area contributed by atoms with E-state index in [2.05, 4.69) is 16.8 Å². The number of aromatic nitrogens is 1. The van der Waals surface area contributed by atoms with Gasteiger partial charge >= 0.3 is 0 Å². The van der Waals surface area contributed by atoms with E-state index < -0.39 is 0 Å². The first-order valence-corrected chi connectivity index (χ1v) is 6.59. The third-order valence-electron chi connectivity index (χ3n) is 3.75. The Balaban J connectivity index is 1.98. The highest BCUT2D eigenvalue weighted by Gasteiger charge is 2.25. The molecule has 0 aliphatic carbocycles. The van der Waals surface area contributed by atoms with Gasteiger partial charge in [0.25, 0.3) is 0 Å². The summed E-state index contributed by atoms with van der Waals surface area (Å²) in [5.41, 5.74) is 6.98. The molecule has 0 spiro atoms. The van der Waals surface area contributed by atoms with Gasteiger partial charge in [-0.05, 0) is 43.0 Å². The molecule has 2 unspecified atom stereocenters. The summed E-state index contributed by atoms with van der Waals surface area (Å²) >= 11 is 6.13. The fourth-order valence-corrected chi connectivity index (χ4v) is 2.63. The van der Waals surface area contributed by atoms with Crippen LogP contribution in [-0.4, -0.2) is 29.5 Å². The van der Waals surface area contributed by atoms with Crippen molar-refractivity contribution in [1.29, 1.82) is 0 Å². The van der Waals surface area contributed by atoms with Crippen molar-refractivity contribution in [1.82, 2.24) is 9.88 Å². The molecule has 1 fully saturated rings. The monoisotopic (exact) mass is 253 g/mol. The summed E-state index contributed by atoms with van der Waals surface area (Å²) in [6.07, 6.45) is 4.74. The average molecular weight is 254 g/mol. The molecule has 17 heavy (non-hydrogen) atoms. The molecule has 2 rings (SSSR count). The van der Waals surface area contributed by atoms with Crippen molar-refractivity contribution in [2.75, 3.05) is 19.6 Å². The minimum Gasteiger partial charge on any atom is -0.330 e. The van der Waals surface area contributed by atoms with Gasteiger partial charge in [-0.2, -0.15) is 0 Å². The van der Waals surface area contributed by atoms with Crippen LogP contribution in [0.1, 0.15) is 18.9 Å². The summed E-state index contributed by atoms with van der Waals surface area (Å²) < 4.78 is 0. The lowest BCUT2D eigenvalue weighted by molar-refractivity contribution is 0.126. The number of pyridine rings is 1. The van der Waals surface area contributed by atoms with Gasteiger partial charge in [0.15, 0.2) is 0 Å². The maximum Gasteiger partial charge on any atom is 0.0634 e. The van der Waals surface area contributed by atoms with Gasteiger partial charge in [0, 0.05) is 25.5 Å². The summed E-state index contributed by atoms with van der Waals surface area (Å²) in [6.45, 7) is 6.20. The van der Waals surface area contributed by atoms with Crippen LogP contribution in [0, 0.1) is 11.8 Å². The number of rotatable bonds is 3. The first kappa shape index (κ1) is 12.8. The quantitative estimate of drug-likeness (QED) is 0.898. The maximum atomic E-state index is 6.13. The Morgan fingerprint density at radius 3 is 3.12 bits per heavy atom. The minimum absolute atomic E-state index is 0.615. The van der Waals surface area contributed by atoms with E-state index >= 15 is 0 Å². The molecule has 1 aliphatic heterocycles. The second kappa shape index (κ2) is 5.80. The van der Waals surface area contributed by atoms with Crippen molar-refractivity contribution in [2.24, 2.45) is 17.6 Å². The van der Waals surface area contributed by atoms with Crippen LogP contribution in [0.3, 0.4) is 0 Å². The van der Waals surface area contributed by atoms with Crippen molar-refractivity contribution < 1.29 is 0 Å². The molecule has 0 radical (unpaired) electrons. The summed E-state index contributed by atoms with van der Waals surface area (Å²) in [4.78, 5) is 6.45. The predicted molar refractivity (Wildman–Crippen MR) is 70.8 cm³/mol. The van der Waals surface area contributed by atoms with Gasteiger partial charge in [-0.1, -0.05) is 18.5 Å². The van der Waals surface area contributed by atoms with Crippen LogP contribution in [-0.2, 0) is 6.54 Å². The van der Waals surface area contributed by atoms with Gasteiger partial charge in [0.05, 0.1) is 5.02 Å². The third kappa shape index (κ3) is 3.18. The number of likely N-dealkylation sites (tertiary alicyclic amines) is 1. The molecule has 0 saturated carbocycles. The molecule has 0 aromatic carbocycles. The fraction of sp³-hybridized carbons (Fsp3) is 0.615. The molecule has 1 aliphatic rings. The average Bonchev–Trinajstić information content (AvgIpc) is 2.34. The van der Waals surface area contributed by atoms with Crippen molar-refractivity contribution in [2.45, 2.75) is 19.9 Å². The van der Waals surface area contributed by atoms with Gasteiger partial charge in [0.1, 0.15) is 0 Å². The molecule has 94 valence electrons. The van der Waals surface area contributed by atoms with E-state index in [-0.39, 0.29) is 0 Å². The van der Waals surface area contributed by atoms with Gasteiger partial charge in [-0.25, -0.2) is 0 Å². The van der Waals surface area contributed by atoms with Crippen LogP contribution < -0.4 is 5.73 Å². The zero-order valence-electron chi connectivity index (χ0n) is 10.3. The Morgan fingerprint density at radius 2 is 2.41 bits per heavy atom. The van der Waals surface area contributed by atoms with Gasteiger partial charge in [0.2, 0.25) is 0 Å². The van der Waals surface area contributed by atoms with E-state index in [1.165, 1.54) is 6.42 Å². The Kier molecular flexibility index (Phi) is 4.37. The van der Waals surface area contributed by atoms with E-state index in [0.717, 1.165) is 42.7 Å². The zero-order chi connectivity index (χ0) is 12.3. The van der Waals surface area contributed by atoms with Crippen molar-refractivity contribution >= 4 is 11.6 Å². The van der Waals surface area contributed by atoms with Crippen LogP contribution in [0.4, 0.5) is 0 Å². The summed E-state index contributed by atoms with van der Waals surface area (Å²) in [5, 5.41) is 0.760. The second-order valence-corrected chi connectivity index (χ2v) is 5.37. The first-order chi connectivity index (χ1) is 8.20. The number of nitrogens with two attached hydrogens (primary N) is 1. The molecule has 2 heterocycles. The summed E-state index contributed by atoms with van der Waals surface area (Å²) in [5.74, 6) is 1.36. The van der Waals surface area contributed by atoms with E-state index in [1.807, 2.05) is 6.07 Å². The largest absolute Gasteiger partial charge is 0.330 e. The van der Waals surface area contributed by atoms with Crippen LogP contribution >= 0.6 is 11.6 Å². The van der Waals surface area contributed by atoms with Crippen LogP contribution in [0.5, 0.6) is 0 Å². The molecule has 0 bridgehead atoms. The number of halogens is 1. The standard InChI is InChI=1S/C13H20ClN3/c1-10-3-5-17(9-12(10)6-15)8-11-2-4-16-7-13(11)14/h2,4,7,10,12H,3,5-6,8-9,15H2,1H3. The lowest BCUT2D eigenvalue weighted by atomic mass is 9.87. The molecule has 2 atom stereocenters. The van der Waals surface area contributed by atoms with E-state index in [9.17, 15) is 0 Å². The maximum absolute atomic E-state index is 6.13. The summed E-state index contributed by atoms with van der Waals surface area (Å²) in [7, 11) is 0. The number of nitrogens with zero attached hydrogens (tertiary/aromatic N) is 2. The number of hydrogen-bond acceptors (Lipinski definition) is 3. The molecule has 1 aromatic rings. The normalized spacial score (nSPS) is 26.1. The number of hydrogen-bond donors (Lipinski definition) is 1. The van der Waals surface area contributed by atoms with Crippen LogP contribution in [0.15, 0.2) is 18.5 Å². The van der Waals surface area contributed by atoms with Gasteiger partial charge in [-0.3, -0.25) is 9.88 Å². The zero-order valence-corrected chi connectivity index (χ0v) is 11.0. The topological polar surface area (TPSA) is 42.2 Å². The molecule has 2 N–H and O–H groups in total. The minimum atomic E-state index is 0.615. The first-order valence-electron chi connectivity index (χ1n) is 6.21. The lowest BCUT2D eigenvalue weighted by Crippen LogP contribution is -2.42. The predicted octanol–water partition coefficient (Wildman–Crippen LogP) is 2.15. The number of piperidine rings is 1. The van der Waals surface area contributed by atoms with E-state index in [1.54, 1.807) is 12.4 Å². The molecular formula is C13H20ClN3. The third-order valence-corrected chi connectivity index (χ3v) is 4.09. The second-order valence-electron chi connectivity index (χ2n) is 4.96. The van der Waals surface area contributed by atoms with Gasteiger partial charge in [-0.15, -0.1) is 0 Å². The van der Waals surface area contributed by atoms with Crippen molar-refractivity contribution in [3.8, 4) is 0 Å². The van der Waals surface area contributed by atoms with Crippen LogP contribution in [0.2, 0.25) is 5.02 Å². The smallest absolute Gasteiger partial charge is 0.0634 e. The highest BCUT2D eigenvalue weighted by atomic mass is 35.5. The van der Waals surface area contributed by atoms with Crippen molar-refractivity contribution in [3.63, 3.8) is 0 Å². The lowest BCUT2D eigenvalue weighted by Gasteiger charge is -2.36. The Morgan fingerprint density at radius 1 is 1.59 bits per heavy atom. The fourth-order valence-electron chi connectivity index (χ4n) is 2.45. The highest BCUT2D eigenvalue weighted by Crippen LogP contribution is 2.24. The highest BCUT2D eigenvalue weighted by molar-refractivity contribution is 6.31. The van der Waals surface area contributed by atoms with Gasteiger partial charge < -0.3 is 5.73 Å². The Bertz CT molecular complexity index is 369. The van der Waals surface area contributed by atoms with Crippen LogP contribution in [0.25, 0.3) is 0 Å². The van der Waals surface area contributed by atoms with E-state index in [0.29, 0.717) is 5.92 Å².